The minimum Gasteiger partial charge on any atom is -0.480 e. The molecule has 0 fully saturated rings. The molecular formula is C24H28N2O6S. The van der Waals surface area contributed by atoms with Crippen LogP contribution in [0, 0.1) is 0 Å². The van der Waals surface area contributed by atoms with Gasteiger partial charge in [0.1, 0.15) is 18.7 Å². The van der Waals surface area contributed by atoms with E-state index in [0.29, 0.717) is 5.75 Å². The van der Waals surface area contributed by atoms with Crippen molar-refractivity contribution in [1.29, 1.82) is 0 Å². The monoisotopic (exact) mass is 472 g/mol. The lowest BCUT2D eigenvalue weighted by atomic mass is 9.98. The van der Waals surface area contributed by atoms with Gasteiger partial charge in [-0.05, 0) is 40.7 Å². The smallest absolute Gasteiger partial charge is 0.407 e. The Kier molecular flexibility index (Phi) is 8.73. The highest BCUT2D eigenvalue weighted by atomic mass is 32.2. The lowest BCUT2D eigenvalue weighted by Gasteiger charge is -2.21. The summed E-state index contributed by atoms with van der Waals surface area (Å²) in [6.45, 7) is -0.0163. The maximum atomic E-state index is 12.6. The second-order valence-corrected chi connectivity index (χ2v) is 8.64. The quantitative estimate of drug-likeness (QED) is 0.461. The number of ether oxygens (including phenoxy) is 2. The molecule has 9 heteroatoms. The standard InChI is InChI=1S/C24H28N2O6S/c1-31-14-21(22(27)25-20(23(28)29)11-12-33-2)26-24(30)32-13-19-17-9-5-3-7-15(17)16-8-4-6-10-18(16)19/h3-10,19-21H,11-14H2,1-2H3,(H,25,27)(H,26,30)(H,28,29)/t20-,21+/m1/s1. The Labute approximate surface area is 197 Å². The fraction of sp³-hybridized carbons (Fsp3) is 0.375. The van der Waals surface area contributed by atoms with Gasteiger partial charge in [-0.1, -0.05) is 48.5 Å². The number of thioether (sulfide) groups is 1. The molecule has 1 aliphatic rings. The Hall–Kier alpha value is -3.04. The van der Waals surface area contributed by atoms with Crippen LogP contribution in [0.3, 0.4) is 0 Å². The summed E-state index contributed by atoms with van der Waals surface area (Å²) in [7, 11) is 1.39. The first-order valence-corrected chi connectivity index (χ1v) is 12.0. The number of nitrogens with one attached hydrogen (secondary N) is 2. The van der Waals surface area contributed by atoms with Crippen LogP contribution in [-0.2, 0) is 19.1 Å². The molecule has 2 atom stereocenters. The van der Waals surface area contributed by atoms with Gasteiger partial charge in [-0.3, -0.25) is 4.79 Å². The van der Waals surface area contributed by atoms with Crippen molar-refractivity contribution in [2.75, 3.05) is 32.3 Å². The van der Waals surface area contributed by atoms with Crippen molar-refractivity contribution in [2.45, 2.75) is 24.4 Å². The molecule has 0 saturated heterocycles. The summed E-state index contributed by atoms with van der Waals surface area (Å²) in [5.74, 6) is -1.30. The van der Waals surface area contributed by atoms with Crippen molar-refractivity contribution < 1.29 is 29.0 Å². The van der Waals surface area contributed by atoms with Crippen LogP contribution in [0.4, 0.5) is 4.79 Å². The molecule has 0 heterocycles. The van der Waals surface area contributed by atoms with Gasteiger partial charge in [0.25, 0.3) is 0 Å². The Balaban J connectivity index is 1.62. The minimum atomic E-state index is -1.13. The van der Waals surface area contributed by atoms with Crippen LogP contribution < -0.4 is 10.6 Å². The van der Waals surface area contributed by atoms with Gasteiger partial charge >= 0.3 is 12.1 Å². The summed E-state index contributed by atoms with van der Waals surface area (Å²) in [4.78, 5) is 36.5. The predicted molar refractivity (Wildman–Crippen MR) is 126 cm³/mol. The lowest BCUT2D eigenvalue weighted by molar-refractivity contribution is -0.142. The van der Waals surface area contributed by atoms with Crippen molar-refractivity contribution in [3.8, 4) is 11.1 Å². The average molecular weight is 473 g/mol. The number of carbonyl (C=O) groups is 3. The van der Waals surface area contributed by atoms with Gasteiger partial charge in [0.15, 0.2) is 0 Å². The molecule has 1 aliphatic carbocycles. The Bertz CT molecular complexity index is 953. The van der Waals surface area contributed by atoms with Gasteiger partial charge in [-0.25, -0.2) is 9.59 Å². The summed E-state index contributed by atoms with van der Waals surface area (Å²) in [6.07, 6.45) is 1.35. The van der Waals surface area contributed by atoms with Crippen LogP contribution in [-0.4, -0.2) is 67.5 Å². The van der Waals surface area contributed by atoms with E-state index in [1.54, 1.807) is 0 Å². The van der Waals surface area contributed by atoms with E-state index in [4.69, 9.17) is 9.47 Å². The lowest BCUT2D eigenvalue weighted by Crippen LogP contribution is -2.53. The number of rotatable bonds is 11. The first-order chi connectivity index (χ1) is 16.0. The molecule has 8 nitrogen and oxygen atoms in total. The van der Waals surface area contributed by atoms with Crippen molar-refractivity contribution >= 4 is 29.7 Å². The van der Waals surface area contributed by atoms with E-state index in [-0.39, 0.29) is 25.6 Å². The number of carbonyl (C=O) groups excluding carboxylic acids is 2. The molecule has 2 amide bonds. The number of benzene rings is 2. The van der Waals surface area contributed by atoms with E-state index in [1.165, 1.54) is 18.9 Å². The van der Waals surface area contributed by atoms with Crippen molar-refractivity contribution in [3.63, 3.8) is 0 Å². The second kappa shape index (κ2) is 11.7. The highest BCUT2D eigenvalue weighted by Gasteiger charge is 2.30. The highest BCUT2D eigenvalue weighted by Crippen LogP contribution is 2.44. The number of methoxy groups -OCH3 is 1. The molecule has 176 valence electrons. The first-order valence-electron chi connectivity index (χ1n) is 10.6. The summed E-state index contributed by atoms with van der Waals surface area (Å²) >= 11 is 1.48. The Morgan fingerprint density at radius 3 is 2.15 bits per heavy atom. The van der Waals surface area contributed by atoms with Gasteiger partial charge in [0.2, 0.25) is 5.91 Å². The first kappa shape index (κ1) is 24.6. The molecular weight excluding hydrogens is 444 g/mol. The number of alkyl carbamates (subject to hydrolysis) is 1. The van der Waals surface area contributed by atoms with Crippen LogP contribution in [0.5, 0.6) is 0 Å². The normalized spacial score (nSPS) is 14.0. The molecule has 0 saturated carbocycles. The van der Waals surface area contributed by atoms with Crippen LogP contribution in [0.1, 0.15) is 23.5 Å². The predicted octanol–water partition coefficient (Wildman–Crippen LogP) is 2.86. The number of amides is 2. The van der Waals surface area contributed by atoms with Crippen LogP contribution in [0.15, 0.2) is 48.5 Å². The van der Waals surface area contributed by atoms with E-state index in [2.05, 4.69) is 10.6 Å². The molecule has 0 unspecified atom stereocenters. The number of hydrogen-bond acceptors (Lipinski definition) is 6. The molecule has 33 heavy (non-hydrogen) atoms. The summed E-state index contributed by atoms with van der Waals surface area (Å²) in [6, 6.07) is 13.8. The Morgan fingerprint density at radius 2 is 1.61 bits per heavy atom. The fourth-order valence-electron chi connectivity index (χ4n) is 3.90. The number of hydrogen-bond donors (Lipinski definition) is 3. The van der Waals surface area contributed by atoms with Crippen LogP contribution in [0.25, 0.3) is 11.1 Å². The SMILES string of the molecule is COC[C@H](NC(=O)OCC1c2ccccc2-c2ccccc21)C(=O)N[C@H](CCSC)C(=O)O. The van der Waals surface area contributed by atoms with Crippen molar-refractivity contribution in [3.05, 3.63) is 59.7 Å². The average Bonchev–Trinajstić information content (AvgIpc) is 3.13. The number of fused-ring (bicyclic) bond motifs is 3. The van der Waals surface area contributed by atoms with E-state index >= 15 is 0 Å². The third kappa shape index (κ3) is 6.06. The third-order valence-corrected chi connectivity index (χ3v) is 6.15. The zero-order valence-electron chi connectivity index (χ0n) is 18.6. The van der Waals surface area contributed by atoms with Gasteiger partial charge in [-0.2, -0.15) is 11.8 Å². The summed E-state index contributed by atoms with van der Waals surface area (Å²) < 4.78 is 10.5. The zero-order valence-corrected chi connectivity index (χ0v) is 19.4. The molecule has 3 N–H and O–H groups in total. The number of carboxylic acid groups (broad SMARTS) is 1. The fourth-order valence-corrected chi connectivity index (χ4v) is 4.37. The van der Waals surface area contributed by atoms with Crippen LogP contribution >= 0.6 is 11.8 Å². The van der Waals surface area contributed by atoms with E-state index < -0.39 is 30.1 Å². The number of aliphatic carboxylic acids is 1. The van der Waals surface area contributed by atoms with E-state index in [1.807, 2.05) is 54.8 Å². The number of carboxylic acids is 1. The molecule has 3 rings (SSSR count). The van der Waals surface area contributed by atoms with E-state index in [0.717, 1.165) is 22.3 Å². The maximum absolute atomic E-state index is 12.6. The van der Waals surface area contributed by atoms with Crippen molar-refractivity contribution in [1.82, 2.24) is 10.6 Å². The largest absolute Gasteiger partial charge is 0.480 e. The van der Waals surface area contributed by atoms with E-state index in [9.17, 15) is 19.5 Å². The maximum Gasteiger partial charge on any atom is 0.407 e. The Morgan fingerprint density at radius 1 is 1.00 bits per heavy atom. The zero-order chi connectivity index (χ0) is 23.8. The topological polar surface area (TPSA) is 114 Å². The molecule has 0 spiro atoms. The second-order valence-electron chi connectivity index (χ2n) is 7.66. The molecule has 0 aromatic heterocycles. The highest BCUT2D eigenvalue weighted by molar-refractivity contribution is 7.98. The summed E-state index contributed by atoms with van der Waals surface area (Å²) in [5.41, 5.74) is 4.39. The molecule has 0 aliphatic heterocycles. The van der Waals surface area contributed by atoms with Gasteiger partial charge in [0.05, 0.1) is 6.61 Å². The van der Waals surface area contributed by atoms with Crippen LogP contribution in [0.2, 0.25) is 0 Å². The molecule has 2 aromatic carbocycles. The molecule has 2 aromatic rings. The third-order valence-electron chi connectivity index (χ3n) is 5.51. The van der Waals surface area contributed by atoms with Crippen molar-refractivity contribution in [2.24, 2.45) is 0 Å². The molecule has 0 radical (unpaired) electrons. The molecule has 0 bridgehead atoms. The minimum absolute atomic E-state index is 0.104. The van der Waals surface area contributed by atoms with Gasteiger partial charge in [0, 0.05) is 13.0 Å². The van der Waals surface area contributed by atoms with Gasteiger partial charge < -0.3 is 25.2 Å². The van der Waals surface area contributed by atoms with Gasteiger partial charge in [-0.15, -0.1) is 0 Å². The summed E-state index contributed by atoms with van der Waals surface area (Å²) in [5, 5.41) is 14.3.